The number of hydrogen-bond donors (Lipinski definition) is 0. The zero-order valence-corrected chi connectivity index (χ0v) is 13.4. The van der Waals surface area contributed by atoms with Crippen molar-refractivity contribution in [3.63, 3.8) is 0 Å². The molecule has 0 amide bonds. The first-order valence-corrected chi connectivity index (χ1v) is 7.32. The number of rotatable bonds is 4. The normalized spacial score (nSPS) is 10.0. The van der Waals surface area contributed by atoms with Gasteiger partial charge in [-0.15, -0.1) is 0 Å². The van der Waals surface area contributed by atoms with E-state index in [1.807, 2.05) is 13.8 Å². The molecule has 0 saturated heterocycles. The van der Waals surface area contributed by atoms with Crippen LogP contribution in [0.4, 0.5) is 0 Å². The molecule has 1 aromatic carbocycles. The van der Waals surface area contributed by atoms with Crippen molar-refractivity contribution in [1.82, 2.24) is 0 Å². The van der Waals surface area contributed by atoms with Gasteiger partial charge in [-0.25, -0.2) is 0 Å². The van der Waals surface area contributed by atoms with Crippen LogP contribution in [-0.2, 0) is 6.42 Å². The third kappa shape index (κ3) is 4.01. The summed E-state index contributed by atoms with van der Waals surface area (Å²) in [5, 5.41) is 0. The number of allylic oxidation sites excluding steroid dienone is 1. The van der Waals surface area contributed by atoms with Crippen molar-refractivity contribution in [1.29, 1.82) is 0 Å². The molecular formula is C18H30. The van der Waals surface area contributed by atoms with Crippen LogP contribution in [0.25, 0.3) is 5.57 Å². The van der Waals surface area contributed by atoms with E-state index in [2.05, 4.69) is 53.3 Å². The molecule has 0 aromatic heterocycles. The monoisotopic (exact) mass is 246 g/mol. The van der Waals surface area contributed by atoms with E-state index >= 15 is 0 Å². The summed E-state index contributed by atoms with van der Waals surface area (Å²) in [5.74, 6) is 0.593. The molecule has 0 unspecified atom stereocenters. The Morgan fingerprint density at radius 1 is 1.17 bits per heavy atom. The molecule has 0 fully saturated rings. The Hall–Kier alpha value is -1.04. The molecule has 0 aliphatic heterocycles. The summed E-state index contributed by atoms with van der Waals surface area (Å²) in [4.78, 5) is 0. The van der Waals surface area contributed by atoms with Gasteiger partial charge in [-0.05, 0) is 53.5 Å². The lowest BCUT2D eigenvalue weighted by molar-refractivity contribution is 0.849. The zero-order chi connectivity index (χ0) is 14.3. The molecule has 0 aliphatic rings. The highest BCUT2D eigenvalue weighted by molar-refractivity contribution is 5.65. The third-order valence-corrected chi connectivity index (χ3v) is 3.39. The Kier molecular flexibility index (Phi) is 7.66. The molecule has 0 saturated carbocycles. The fourth-order valence-corrected chi connectivity index (χ4v) is 2.17. The van der Waals surface area contributed by atoms with Gasteiger partial charge in [-0.3, -0.25) is 0 Å². The molecule has 0 bridgehead atoms. The van der Waals surface area contributed by atoms with Crippen molar-refractivity contribution in [3.8, 4) is 0 Å². The topological polar surface area (TPSA) is 0 Å². The van der Waals surface area contributed by atoms with Crippen LogP contribution in [0.15, 0.2) is 18.7 Å². The highest BCUT2D eigenvalue weighted by Crippen LogP contribution is 2.28. The predicted molar refractivity (Wildman–Crippen MR) is 85.3 cm³/mol. The molecule has 0 heterocycles. The van der Waals surface area contributed by atoms with Gasteiger partial charge in [0.25, 0.3) is 0 Å². The second-order valence-electron chi connectivity index (χ2n) is 4.81. The first-order chi connectivity index (χ1) is 8.51. The second kappa shape index (κ2) is 8.13. The molecule has 1 rings (SSSR count). The fourth-order valence-electron chi connectivity index (χ4n) is 2.17. The zero-order valence-electron chi connectivity index (χ0n) is 13.4. The lowest BCUT2D eigenvalue weighted by Crippen LogP contribution is -1.99. The molecule has 0 N–H and O–H groups in total. The van der Waals surface area contributed by atoms with Crippen LogP contribution in [0.1, 0.15) is 76.1 Å². The van der Waals surface area contributed by atoms with Crippen LogP contribution in [0, 0.1) is 6.92 Å². The van der Waals surface area contributed by atoms with Gasteiger partial charge in [0.2, 0.25) is 0 Å². The number of hydrogen-bond acceptors (Lipinski definition) is 0. The van der Waals surface area contributed by atoms with E-state index in [0.29, 0.717) is 5.92 Å². The van der Waals surface area contributed by atoms with E-state index in [1.165, 1.54) is 27.8 Å². The van der Waals surface area contributed by atoms with E-state index in [4.69, 9.17) is 0 Å². The lowest BCUT2D eigenvalue weighted by atomic mass is 9.89. The average molecular weight is 246 g/mol. The maximum absolute atomic E-state index is 4.15. The van der Waals surface area contributed by atoms with Crippen LogP contribution in [0.5, 0.6) is 0 Å². The highest BCUT2D eigenvalue weighted by Gasteiger charge is 2.10. The molecule has 102 valence electrons. The van der Waals surface area contributed by atoms with Gasteiger partial charge in [0.1, 0.15) is 0 Å². The van der Waals surface area contributed by atoms with Gasteiger partial charge in [0.15, 0.2) is 0 Å². The summed E-state index contributed by atoms with van der Waals surface area (Å²) < 4.78 is 0. The van der Waals surface area contributed by atoms with Crippen molar-refractivity contribution in [2.24, 2.45) is 0 Å². The van der Waals surface area contributed by atoms with Crippen molar-refractivity contribution in [3.05, 3.63) is 41.0 Å². The number of benzene rings is 1. The summed E-state index contributed by atoms with van der Waals surface area (Å²) in [6.45, 7) is 19.3. The van der Waals surface area contributed by atoms with Crippen LogP contribution >= 0.6 is 0 Å². The lowest BCUT2D eigenvalue weighted by Gasteiger charge is -2.17. The van der Waals surface area contributed by atoms with Gasteiger partial charge in [-0.2, -0.15) is 0 Å². The standard InChI is InChI=1S/C16H24.C2H6/c1-7-12(5)15-9-14(8-2)13(6)16(10-15)11(3)4;1-2/h9-11H,5,7-8H2,1-4,6H3;1-2H3. The van der Waals surface area contributed by atoms with E-state index in [0.717, 1.165) is 12.8 Å². The van der Waals surface area contributed by atoms with Gasteiger partial charge in [0.05, 0.1) is 0 Å². The van der Waals surface area contributed by atoms with Crippen LogP contribution in [0.2, 0.25) is 0 Å². The predicted octanol–water partition coefficient (Wildman–Crippen LogP) is 6.13. The third-order valence-electron chi connectivity index (χ3n) is 3.39. The number of aryl methyl sites for hydroxylation is 1. The van der Waals surface area contributed by atoms with Crippen LogP contribution < -0.4 is 0 Å². The molecule has 0 heteroatoms. The fraction of sp³-hybridized carbons (Fsp3) is 0.556. The Balaban J connectivity index is 0.00000137. The van der Waals surface area contributed by atoms with Crippen molar-refractivity contribution < 1.29 is 0 Å². The smallest absolute Gasteiger partial charge is 0.0216 e. The molecule has 0 aliphatic carbocycles. The summed E-state index contributed by atoms with van der Waals surface area (Å²) in [5.41, 5.74) is 6.98. The second-order valence-corrected chi connectivity index (χ2v) is 4.81. The minimum absolute atomic E-state index is 0.593. The van der Waals surface area contributed by atoms with E-state index in [9.17, 15) is 0 Å². The molecule has 1 aromatic rings. The first kappa shape index (κ1) is 17.0. The largest absolute Gasteiger partial charge is 0.0952 e. The van der Waals surface area contributed by atoms with E-state index < -0.39 is 0 Å². The molecule has 0 radical (unpaired) electrons. The molecule has 0 nitrogen and oxygen atoms in total. The van der Waals surface area contributed by atoms with E-state index in [-0.39, 0.29) is 0 Å². The average Bonchev–Trinajstić information content (AvgIpc) is 2.40. The summed E-state index contributed by atoms with van der Waals surface area (Å²) in [6, 6.07) is 4.64. The quantitative estimate of drug-likeness (QED) is 0.599. The summed E-state index contributed by atoms with van der Waals surface area (Å²) in [6.07, 6.45) is 2.14. The van der Waals surface area contributed by atoms with Gasteiger partial charge < -0.3 is 0 Å². The maximum atomic E-state index is 4.15. The maximum Gasteiger partial charge on any atom is -0.0216 e. The SMILES string of the molecule is C=C(CC)c1cc(CC)c(C)c(C(C)C)c1.CC. The van der Waals surface area contributed by atoms with Crippen LogP contribution in [-0.4, -0.2) is 0 Å². The Morgan fingerprint density at radius 2 is 1.72 bits per heavy atom. The Morgan fingerprint density at radius 3 is 2.11 bits per heavy atom. The summed E-state index contributed by atoms with van der Waals surface area (Å²) >= 11 is 0. The first-order valence-electron chi connectivity index (χ1n) is 7.32. The Bertz CT molecular complexity index is 383. The minimum Gasteiger partial charge on any atom is -0.0952 e. The highest BCUT2D eigenvalue weighted by atomic mass is 14.1. The van der Waals surface area contributed by atoms with Crippen molar-refractivity contribution in [2.75, 3.05) is 0 Å². The van der Waals surface area contributed by atoms with E-state index in [1.54, 1.807) is 0 Å². The molecule has 0 atom stereocenters. The molecule has 0 spiro atoms. The van der Waals surface area contributed by atoms with Crippen LogP contribution in [0.3, 0.4) is 0 Å². The van der Waals surface area contributed by atoms with Gasteiger partial charge in [-0.1, -0.05) is 60.3 Å². The van der Waals surface area contributed by atoms with Gasteiger partial charge in [0, 0.05) is 0 Å². The summed E-state index contributed by atoms with van der Waals surface area (Å²) in [7, 11) is 0. The molecular weight excluding hydrogens is 216 g/mol. The Labute approximate surface area is 114 Å². The van der Waals surface area contributed by atoms with Crippen molar-refractivity contribution >= 4 is 5.57 Å². The van der Waals surface area contributed by atoms with Crippen molar-refractivity contribution in [2.45, 2.75) is 67.2 Å². The minimum atomic E-state index is 0.593. The molecule has 18 heavy (non-hydrogen) atoms. The van der Waals surface area contributed by atoms with Gasteiger partial charge >= 0.3 is 0 Å².